The molecule has 0 spiro atoms. The number of nitrogens with zero attached hydrogens (tertiary/aromatic N) is 1. The van der Waals surface area contributed by atoms with Crippen LogP contribution >= 0.6 is 22.9 Å². The van der Waals surface area contributed by atoms with Crippen molar-refractivity contribution in [2.75, 3.05) is 0 Å². The van der Waals surface area contributed by atoms with Crippen molar-refractivity contribution in [1.29, 1.82) is 0 Å². The SMILES string of the molecule is CCc1nc(COc2ccc(Cl)cc2CNC(C)C)cs1. The van der Waals surface area contributed by atoms with Gasteiger partial charge in [-0.25, -0.2) is 4.98 Å². The highest BCUT2D eigenvalue weighted by molar-refractivity contribution is 7.09. The van der Waals surface area contributed by atoms with Crippen LogP contribution in [0.2, 0.25) is 5.02 Å². The van der Waals surface area contributed by atoms with E-state index >= 15 is 0 Å². The zero-order valence-electron chi connectivity index (χ0n) is 12.6. The van der Waals surface area contributed by atoms with Crippen LogP contribution in [-0.2, 0) is 19.6 Å². The summed E-state index contributed by atoms with van der Waals surface area (Å²) >= 11 is 7.76. The Bertz CT molecular complexity index is 583. The van der Waals surface area contributed by atoms with Gasteiger partial charge in [0, 0.05) is 28.6 Å². The number of aromatic nitrogens is 1. The van der Waals surface area contributed by atoms with Crippen molar-refractivity contribution in [3.05, 3.63) is 44.9 Å². The lowest BCUT2D eigenvalue weighted by Gasteiger charge is -2.13. The number of ether oxygens (including phenoxy) is 1. The predicted octanol–water partition coefficient (Wildman–Crippen LogP) is 4.44. The molecule has 0 atom stereocenters. The minimum Gasteiger partial charge on any atom is -0.487 e. The van der Waals surface area contributed by atoms with E-state index < -0.39 is 0 Å². The van der Waals surface area contributed by atoms with Gasteiger partial charge in [0.05, 0.1) is 10.7 Å². The largest absolute Gasteiger partial charge is 0.487 e. The molecule has 1 N–H and O–H groups in total. The average Bonchev–Trinajstić information content (AvgIpc) is 2.92. The lowest BCUT2D eigenvalue weighted by Crippen LogP contribution is -2.22. The first-order valence-electron chi connectivity index (χ1n) is 7.16. The fraction of sp³-hybridized carbons (Fsp3) is 0.438. The number of benzene rings is 1. The highest BCUT2D eigenvalue weighted by atomic mass is 35.5. The van der Waals surface area contributed by atoms with Gasteiger partial charge in [0.2, 0.25) is 0 Å². The molecule has 0 saturated heterocycles. The molecule has 2 rings (SSSR count). The van der Waals surface area contributed by atoms with E-state index in [1.165, 1.54) is 0 Å². The van der Waals surface area contributed by atoms with Crippen molar-refractivity contribution in [3.63, 3.8) is 0 Å². The summed E-state index contributed by atoms with van der Waals surface area (Å²) < 4.78 is 5.91. The summed E-state index contributed by atoms with van der Waals surface area (Å²) in [6, 6.07) is 6.15. The van der Waals surface area contributed by atoms with Gasteiger partial charge in [0.1, 0.15) is 12.4 Å². The van der Waals surface area contributed by atoms with Crippen LogP contribution in [0.4, 0.5) is 0 Å². The first kappa shape index (κ1) is 16.3. The number of halogens is 1. The number of rotatable bonds is 7. The molecule has 3 nitrogen and oxygen atoms in total. The fourth-order valence-electron chi connectivity index (χ4n) is 1.87. The van der Waals surface area contributed by atoms with E-state index in [0.717, 1.165) is 40.0 Å². The molecule has 1 aromatic heterocycles. The van der Waals surface area contributed by atoms with E-state index in [4.69, 9.17) is 16.3 Å². The molecule has 1 heterocycles. The third-order valence-corrected chi connectivity index (χ3v) is 4.28. The number of hydrogen-bond acceptors (Lipinski definition) is 4. The van der Waals surface area contributed by atoms with Crippen LogP contribution in [0.15, 0.2) is 23.6 Å². The minimum absolute atomic E-state index is 0.419. The Morgan fingerprint density at radius 3 is 2.86 bits per heavy atom. The van der Waals surface area contributed by atoms with E-state index in [-0.39, 0.29) is 0 Å². The molecular weight excluding hydrogens is 304 g/mol. The standard InChI is InChI=1S/C16H21ClN2OS/c1-4-16-19-14(10-21-16)9-20-15-6-5-13(17)7-12(15)8-18-11(2)3/h5-7,10-11,18H,4,8-9H2,1-3H3. The smallest absolute Gasteiger partial charge is 0.131 e. The molecule has 0 saturated carbocycles. The summed E-state index contributed by atoms with van der Waals surface area (Å²) in [5.74, 6) is 0.860. The zero-order valence-corrected chi connectivity index (χ0v) is 14.2. The highest BCUT2D eigenvalue weighted by Crippen LogP contribution is 2.24. The maximum Gasteiger partial charge on any atom is 0.131 e. The molecular formula is C16H21ClN2OS. The molecule has 0 unspecified atom stereocenters. The summed E-state index contributed by atoms with van der Waals surface area (Å²) in [6.45, 7) is 7.58. The summed E-state index contributed by atoms with van der Waals surface area (Å²) in [5, 5.41) is 7.32. The van der Waals surface area contributed by atoms with E-state index in [1.54, 1.807) is 11.3 Å². The lowest BCUT2D eigenvalue weighted by molar-refractivity contribution is 0.297. The molecule has 0 aliphatic rings. The summed E-state index contributed by atoms with van der Waals surface area (Å²) in [5.41, 5.74) is 2.05. The van der Waals surface area contributed by atoms with Crippen molar-refractivity contribution >= 4 is 22.9 Å². The van der Waals surface area contributed by atoms with Crippen molar-refractivity contribution in [1.82, 2.24) is 10.3 Å². The van der Waals surface area contributed by atoms with Gasteiger partial charge in [0.15, 0.2) is 0 Å². The lowest BCUT2D eigenvalue weighted by atomic mass is 10.2. The maximum atomic E-state index is 6.08. The molecule has 5 heteroatoms. The molecule has 1 aromatic carbocycles. The van der Waals surface area contributed by atoms with E-state index in [1.807, 2.05) is 18.2 Å². The second kappa shape index (κ2) is 7.78. The van der Waals surface area contributed by atoms with Crippen LogP contribution in [0, 0.1) is 0 Å². The second-order valence-corrected chi connectivity index (χ2v) is 6.54. The molecule has 0 bridgehead atoms. The highest BCUT2D eigenvalue weighted by Gasteiger charge is 2.07. The Morgan fingerprint density at radius 1 is 1.38 bits per heavy atom. The third-order valence-electron chi connectivity index (χ3n) is 3.00. The average molecular weight is 325 g/mol. The quantitative estimate of drug-likeness (QED) is 0.817. The first-order valence-corrected chi connectivity index (χ1v) is 8.42. The Kier molecular flexibility index (Phi) is 6.03. The second-order valence-electron chi connectivity index (χ2n) is 5.16. The van der Waals surface area contributed by atoms with Gasteiger partial charge >= 0.3 is 0 Å². The van der Waals surface area contributed by atoms with Crippen molar-refractivity contribution in [3.8, 4) is 5.75 Å². The van der Waals surface area contributed by atoms with Crippen LogP contribution in [0.1, 0.15) is 37.0 Å². The topological polar surface area (TPSA) is 34.1 Å². The number of nitrogens with one attached hydrogen (secondary N) is 1. The fourth-order valence-corrected chi connectivity index (χ4v) is 2.79. The van der Waals surface area contributed by atoms with Crippen LogP contribution in [-0.4, -0.2) is 11.0 Å². The Balaban J connectivity index is 2.04. The molecule has 114 valence electrons. The van der Waals surface area contributed by atoms with Crippen molar-refractivity contribution < 1.29 is 4.74 Å². The van der Waals surface area contributed by atoms with Crippen molar-refractivity contribution in [2.45, 2.75) is 46.4 Å². The Morgan fingerprint density at radius 2 is 2.19 bits per heavy atom. The molecule has 0 radical (unpaired) electrons. The van der Waals surface area contributed by atoms with Gasteiger partial charge in [-0.05, 0) is 24.6 Å². The number of aryl methyl sites for hydroxylation is 1. The summed E-state index contributed by atoms with van der Waals surface area (Å²) in [4.78, 5) is 4.52. The molecule has 0 fully saturated rings. The van der Waals surface area contributed by atoms with Gasteiger partial charge in [-0.15, -0.1) is 11.3 Å². The number of thiazole rings is 1. The monoisotopic (exact) mass is 324 g/mol. The minimum atomic E-state index is 0.419. The van der Waals surface area contributed by atoms with Crippen LogP contribution in [0.3, 0.4) is 0 Å². The Hall–Kier alpha value is -1.10. The van der Waals surface area contributed by atoms with Crippen LogP contribution in [0.5, 0.6) is 5.75 Å². The zero-order chi connectivity index (χ0) is 15.2. The van der Waals surface area contributed by atoms with Crippen LogP contribution < -0.4 is 10.1 Å². The summed E-state index contributed by atoms with van der Waals surface area (Å²) in [7, 11) is 0. The molecule has 0 amide bonds. The molecule has 0 aliphatic carbocycles. The third kappa shape index (κ3) is 4.99. The van der Waals surface area contributed by atoms with Gasteiger partial charge in [-0.3, -0.25) is 0 Å². The van der Waals surface area contributed by atoms with Crippen LogP contribution in [0.25, 0.3) is 0 Å². The molecule has 2 aromatic rings. The van der Waals surface area contributed by atoms with E-state index in [2.05, 4.69) is 36.5 Å². The van der Waals surface area contributed by atoms with Gasteiger partial charge in [-0.2, -0.15) is 0 Å². The molecule has 0 aliphatic heterocycles. The molecule has 21 heavy (non-hydrogen) atoms. The maximum absolute atomic E-state index is 6.08. The first-order chi connectivity index (χ1) is 10.1. The van der Waals surface area contributed by atoms with E-state index in [9.17, 15) is 0 Å². The predicted molar refractivity (Wildman–Crippen MR) is 89.3 cm³/mol. The van der Waals surface area contributed by atoms with Gasteiger partial charge in [-0.1, -0.05) is 32.4 Å². The number of hydrogen-bond donors (Lipinski definition) is 1. The Labute approximate surface area is 135 Å². The van der Waals surface area contributed by atoms with Gasteiger partial charge < -0.3 is 10.1 Å². The normalized spacial score (nSPS) is 11.1. The van der Waals surface area contributed by atoms with E-state index in [0.29, 0.717) is 12.6 Å². The summed E-state index contributed by atoms with van der Waals surface area (Å²) in [6.07, 6.45) is 0.967. The van der Waals surface area contributed by atoms with Gasteiger partial charge in [0.25, 0.3) is 0 Å². The van der Waals surface area contributed by atoms with Crippen molar-refractivity contribution in [2.24, 2.45) is 0 Å².